The van der Waals surface area contributed by atoms with E-state index < -0.39 is 10.0 Å². The Kier molecular flexibility index (Phi) is 4.10. The second-order valence-corrected chi connectivity index (χ2v) is 7.47. The van der Waals surface area contributed by atoms with Gasteiger partial charge in [0.25, 0.3) is 10.0 Å². The Labute approximate surface area is 127 Å². The lowest BCUT2D eigenvalue weighted by atomic mass is 10.1. The summed E-state index contributed by atoms with van der Waals surface area (Å²) in [4.78, 5) is 0.358. The van der Waals surface area contributed by atoms with Crippen LogP contribution in [-0.2, 0) is 10.0 Å². The summed E-state index contributed by atoms with van der Waals surface area (Å²) in [6, 6.07) is 11.2. The third kappa shape index (κ3) is 2.95. The first-order valence-corrected chi connectivity index (χ1v) is 8.31. The Balaban J connectivity index is 2.55. The lowest BCUT2D eigenvalue weighted by Gasteiger charge is -2.23. The summed E-state index contributed by atoms with van der Waals surface area (Å²) < 4.78 is 27.1. The van der Waals surface area contributed by atoms with Crippen molar-refractivity contribution in [2.75, 3.05) is 11.4 Å². The number of anilines is 1. The van der Waals surface area contributed by atoms with Crippen LogP contribution >= 0.6 is 0 Å². The largest absolute Gasteiger partial charge is 0.269 e. The molecule has 21 heavy (non-hydrogen) atoms. The van der Waals surface area contributed by atoms with Crippen LogP contribution in [0, 0.1) is 27.7 Å². The maximum Gasteiger partial charge on any atom is 0.264 e. The Bertz CT molecular complexity index is 779. The van der Waals surface area contributed by atoms with Gasteiger partial charge in [-0.2, -0.15) is 0 Å². The van der Waals surface area contributed by atoms with Crippen LogP contribution in [0.1, 0.15) is 22.3 Å². The zero-order valence-electron chi connectivity index (χ0n) is 13.1. The molecule has 0 saturated carbocycles. The van der Waals surface area contributed by atoms with Gasteiger partial charge in [0.05, 0.1) is 10.6 Å². The summed E-state index contributed by atoms with van der Waals surface area (Å²) in [5.41, 5.74) is 4.53. The molecule has 0 bridgehead atoms. The summed E-state index contributed by atoms with van der Waals surface area (Å²) in [7, 11) is -1.94. The Morgan fingerprint density at radius 3 is 2.00 bits per heavy atom. The monoisotopic (exact) mass is 303 g/mol. The Hall–Kier alpha value is -1.81. The maximum atomic E-state index is 12.9. The lowest BCUT2D eigenvalue weighted by Crippen LogP contribution is -2.28. The van der Waals surface area contributed by atoms with Crippen LogP contribution in [-0.4, -0.2) is 15.5 Å². The molecule has 2 aromatic carbocycles. The second kappa shape index (κ2) is 5.53. The minimum atomic E-state index is -3.55. The Morgan fingerprint density at radius 2 is 1.38 bits per heavy atom. The molecule has 0 N–H and O–H groups in total. The smallest absolute Gasteiger partial charge is 0.264 e. The van der Waals surface area contributed by atoms with Gasteiger partial charge in [0.15, 0.2) is 0 Å². The summed E-state index contributed by atoms with van der Waals surface area (Å²) in [5.74, 6) is 0. The molecular weight excluding hydrogens is 282 g/mol. The molecule has 2 aromatic rings. The third-order valence-corrected chi connectivity index (χ3v) is 5.60. The molecule has 3 nitrogen and oxygen atoms in total. The molecule has 0 aliphatic carbocycles. The van der Waals surface area contributed by atoms with Crippen LogP contribution in [0.5, 0.6) is 0 Å². The van der Waals surface area contributed by atoms with Crippen molar-refractivity contribution < 1.29 is 8.42 Å². The van der Waals surface area contributed by atoms with Crippen LogP contribution in [0.25, 0.3) is 0 Å². The SMILES string of the molecule is Cc1ccc(S(=O)(=O)N(C)c2cc(C)ccc2C)c(C)c1. The molecule has 0 heterocycles. The topological polar surface area (TPSA) is 37.4 Å². The number of benzene rings is 2. The van der Waals surface area contributed by atoms with Crippen molar-refractivity contribution in [3.8, 4) is 0 Å². The average Bonchev–Trinajstić information content (AvgIpc) is 2.40. The van der Waals surface area contributed by atoms with Gasteiger partial charge in [0.1, 0.15) is 0 Å². The van der Waals surface area contributed by atoms with Crippen LogP contribution in [0.4, 0.5) is 5.69 Å². The van der Waals surface area contributed by atoms with Crippen molar-refractivity contribution in [1.29, 1.82) is 0 Å². The van der Waals surface area contributed by atoms with E-state index in [1.807, 2.05) is 58.0 Å². The molecule has 0 amide bonds. The first-order chi connectivity index (χ1) is 9.73. The number of nitrogens with zero attached hydrogens (tertiary/aromatic N) is 1. The van der Waals surface area contributed by atoms with Crippen molar-refractivity contribution in [3.05, 3.63) is 58.7 Å². The number of aryl methyl sites for hydroxylation is 4. The third-order valence-electron chi connectivity index (χ3n) is 3.67. The number of hydrogen-bond donors (Lipinski definition) is 0. The summed E-state index contributed by atoms with van der Waals surface area (Å²) in [5, 5.41) is 0. The minimum absolute atomic E-state index is 0.358. The predicted octanol–water partition coefficient (Wildman–Crippen LogP) is 3.75. The average molecular weight is 303 g/mol. The molecule has 0 aliphatic rings. The number of rotatable bonds is 3. The van der Waals surface area contributed by atoms with Crippen molar-refractivity contribution in [2.45, 2.75) is 32.6 Å². The standard InChI is InChI=1S/C17H21NO2S/c1-12-7-9-17(15(4)10-12)21(19,20)18(5)16-11-13(2)6-8-14(16)3/h6-11H,1-5H3. The Morgan fingerprint density at radius 1 is 0.810 bits per heavy atom. The van der Waals surface area contributed by atoms with E-state index in [1.165, 1.54) is 4.31 Å². The maximum absolute atomic E-state index is 12.9. The quantitative estimate of drug-likeness (QED) is 0.866. The van der Waals surface area contributed by atoms with E-state index >= 15 is 0 Å². The fraction of sp³-hybridized carbons (Fsp3) is 0.294. The van der Waals surface area contributed by atoms with Crippen molar-refractivity contribution in [1.82, 2.24) is 0 Å². The zero-order valence-corrected chi connectivity index (χ0v) is 14.0. The number of hydrogen-bond acceptors (Lipinski definition) is 2. The molecule has 0 fully saturated rings. The van der Waals surface area contributed by atoms with Crippen molar-refractivity contribution in [2.24, 2.45) is 0 Å². The van der Waals surface area contributed by atoms with E-state index in [0.717, 1.165) is 27.9 Å². The first-order valence-electron chi connectivity index (χ1n) is 6.87. The highest BCUT2D eigenvalue weighted by atomic mass is 32.2. The van der Waals surface area contributed by atoms with Gasteiger partial charge in [-0.15, -0.1) is 0 Å². The van der Waals surface area contributed by atoms with Gasteiger partial charge in [-0.05, 0) is 56.5 Å². The highest BCUT2D eigenvalue weighted by Gasteiger charge is 2.24. The van der Waals surface area contributed by atoms with Gasteiger partial charge >= 0.3 is 0 Å². The van der Waals surface area contributed by atoms with Crippen LogP contribution in [0.3, 0.4) is 0 Å². The fourth-order valence-corrected chi connectivity index (χ4v) is 3.88. The summed E-state index contributed by atoms with van der Waals surface area (Å²) in [6.07, 6.45) is 0. The van der Waals surface area contributed by atoms with E-state index in [-0.39, 0.29) is 0 Å². The van der Waals surface area contributed by atoms with Crippen LogP contribution in [0.15, 0.2) is 41.3 Å². The summed E-state index contributed by atoms with van der Waals surface area (Å²) in [6.45, 7) is 7.66. The molecule has 0 aromatic heterocycles. The number of sulfonamides is 1. The van der Waals surface area contributed by atoms with Gasteiger partial charge in [-0.25, -0.2) is 8.42 Å². The second-order valence-electron chi connectivity index (χ2n) is 5.53. The molecule has 112 valence electrons. The molecule has 0 radical (unpaired) electrons. The molecule has 4 heteroatoms. The molecule has 2 rings (SSSR count). The minimum Gasteiger partial charge on any atom is -0.269 e. The predicted molar refractivity (Wildman–Crippen MR) is 87.4 cm³/mol. The van der Waals surface area contributed by atoms with Gasteiger partial charge in [0.2, 0.25) is 0 Å². The highest BCUT2D eigenvalue weighted by Crippen LogP contribution is 2.28. The van der Waals surface area contributed by atoms with Gasteiger partial charge < -0.3 is 0 Å². The van der Waals surface area contributed by atoms with Gasteiger partial charge in [-0.3, -0.25) is 4.31 Å². The molecule has 0 aliphatic heterocycles. The van der Waals surface area contributed by atoms with E-state index in [1.54, 1.807) is 13.1 Å². The highest BCUT2D eigenvalue weighted by molar-refractivity contribution is 7.92. The van der Waals surface area contributed by atoms with Gasteiger partial charge in [-0.1, -0.05) is 29.8 Å². The van der Waals surface area contributed by atoms with E-state index in [9.17, 15) is 8.42 Å². The van der Waals surface area contributed by atoms with E-state index in [2.05, 4.69) is 0 Å². The van der Waals surface area contributed by atoms with Crippen molar-refractivity contribution >= 4 is 15.7 Å². The van der Waals surface area contributed by atoms with Crippen molar-refractivity contribution in [3.63, 3.8) is 0 Å². The normalized spacial score (nSPS) is 11.5. The molecule has 0 unspecified atom stereocenters. The van der Waals surface area contributed by atoms with E-state index in [4.69, 9.17) is 0 Å². The van der Waals surface area contributed by atoms with E-state index in [0.29, 0.717) is 4.90 Å². The zero-order chi connectivity index (χ0) is 15.8. The van der Waals surface area contributed by atoms with Gasteiger partial charge in [0, 0.05) is 7.05 Å². The fourth-order valence-electron chi connectivity index (χ4n) is 2.42. The molecular formula is C17H21NO2S. The van der Waals surface area contributed by atoms with Crippen LogP contribution < -0.4 is 4.31 Å². The van der Waals surface area contributed by atoms with Crippen LogP contribution in [0.2, 0.25) is 0 Å². The molecule has 0 saturated heterocycles. The molecule has 0 atom stereocenters. The summed E-state index contributed by atoms with van der Waals surface area (Å²) >= 11 is 0. The first kappa shape index (κ1) is 15.6. The molecule has 0 spiro atoms. The lowest BCUT2D eigenvalue weighted by molar-refractivity contribution is 0.593.